The third-order valence-corrected chi connectivity index (χ3v) is 5.59. The fourth-order valence-corrected chi connectivity index (χ4v) is 3.82. The van der Waals surface area contributed by atoms with Crippen LogP contribution in [0.1, 0.15) is 149 Å². The highest BCUT2D eigenvalue weighted by molar-refractivity contribution is 4.60. The van der Waals surface area contributed by atoms with Crippen molar-refractivity contribution >= 4 is 0 Å². The third-order valence-electron chi connectivity index (χ3n) is 5.59. The Morgan fingerprint density at radius 1 is 0.400 bits per heavy atom. The fourth-order valence-electron chi connectivity index (χ4n) is 3.82. The van der Waals surface area contributed by atoms with Gasteiger partial charge in [0.25, 0.3) is 0 Å². The highest BCUT2D eigenvalue weighted by Crippen LogP contribution is 2.15. The highest BCUT2D eigenvalue weighted by atomic mass is 14.6. The number of nitrogens with two attached hydrogens (primary N) is 1. The predicted octanol–water partition coefficient (Wildman–Crippen LogP) is 8.55. The molecule has 2 N–H and O–H groups in total. The average molecular weight is 354 g/mol. The number of rotatable bonds is 21. The zero-order valence-electron chi connectivity index (χ0n) is 18.0. The smallest absolute Gasteiger partial charge is 0.00387 e. The highest BCUT2D eigenvalue weighted by Gasteiger charge is 2.00. The van der Waals surface area contributed by atoms with Gasteiger partial charge in [0, 0.05) is 6.04 Å². The Balaban J connectivity index is 3.00. The van der Waals surface area contributed by atoms with E-state index in [0.29, 0.717) is 6.04 Å². The van der Waals surface area contributed by atoms with E-state index in [4.69, 9.17) is 5.73 Å². The first-order valence-electron chi connectivity index (χ1n) is 12.1. The molecular formula is C24H51N. The molecule has 0 aromatic carbocycles. The number of unbranched alkanes of at least 4 members (excludes halogenated alkanes) is 17. The van der Waals surface area contributed by atoms with Gasteiger partial charge in [-0.15, -0.1) is 0 Å². The lowest BCUT2D eigenvalue weighted by molar-refractivity contribution is 0.499. The third kappa shape index (κ3) is 21.9. The molecule has 0 saturated heterocycles. The van der Waals surface area contributed by atoms with E-state index in [-0.39, 0.29) is 0 Å². The molecular weight excluding hydrogens is 302 g/mol. The lowest BCUT2D eigenvalue weighted by Gasteiger charge is -2.09. The van der Waals surface area contributed by atoms with Crippen LogP contribution in [0.3, 0.4) is 0 Å². The van der Waals surface area contributed by atoms with Crippen LogP contribution < -0.4 is 5.73 Å². The first kappa shape index (κ1) is 25.0. The van der Waals surface area contributed by atoms with Crippen LogP contribution in [0.2, 0.25) is 0 Å². The van der Waals surface area contributed by atoms with Crippen LogP contribution in [0.15, 0.2) is 0 Å². The molecule has 0 aliphatic heterocycles. The molecule has 0 radical (unpaired) electrons. The van der Waals surface area contributed by atoms with Gasteiger partial charge in [0.15, 0.2) is 0 Å². The van der Waals surface area contributed by atoms with Crippen LogP contribution in [-0.2, 0) is 0 Å². The second kappa shape index (κ2) is 22.0. The summed E-state index contributed by atoms with van der Waals surface area (Å²) in [6.45, 7) is 4.53. The van der Waals surface area contributed by atoms with Crippen molar-refractivity contribution in [2.75, 3.05) is 0 Å². The van der Waals surface area contributed by atoms with Gasteiger partial charge in [0.05, 0.1) is 0 Å². The molecule has 0 bridgehead atoms. The van der Waals surface area contributed by atoms with E-state index in [1.54, 1.807) is 0 Å². The summed E-state index contributed by atoms with van der Waals surface area (Å²) in [4.78, 5) is 0. The van der Waals surface area contributed by atoms with E-state index in [0.717, 1.165) is 0 Å². The van der Waals surface area contributed by atoms with Crippen molar-refractivity contribution in [3.8, 4) is 0 Å². The van der Waals surface area contributed by atoms with Gasteiger partial charge < -0.3 is 5.73 Å². The summed E-state index contributed by atoms with van der Waals surface area (Å²) in [7, 11) is 0. The Bertz CT molecular complexity index is 226. The lowest BCUT2D eigenvalue weighted by atomic mass is 10.0. The fraction of sp³-hybridized carbons (Fsp3) is 1.00. The standard InChI is InChI=1S/C24H51N/c1-3-5-6-7-8-9-10-11-12-13-14-15-16-17-18-19-20-21-23-24(25)22-4-2/h24H,3-23,25H2,1-2H3. The first-order valence-corrected chi connectivity index (χ1v) is 12.1. The summed E-state index contributed by atoms with van der Waals surface area (Å²) in [5.41, 5.74) is 6.06. The van der Waals surface area contributed by atoms with Crippen molar-refractivity contribution in [1.29, 1.82) is 0 Å². The van der Waals surface area contributed by atoms with Gasteiger partial charge in [-0.1, -0.05) is 136 Å². The van der Waals surface area contributed by atoms with E-state index >= 15 is 0 Å². The van der Waals surface area contributed by atoms with Crippen LogP contribution in [0.5, 0.6) is 0 Å². The van der Waals surface area contributed by atoms with Gasteiger partial charge in [-0.2, -0.15) is 0 Å². The Kier molecular flexibility index (Phi) is 22.0. The maximum Gasteiger partial charge on any atom is 0.00387 e. The van der Waals surface area contributed by atoms with Crippen molar-refractivity contribution in [2.45, 2.75) is 155 Å². The Labute approximate surface area is 160 Å². The lowest BCUT2D eigenvalue weighted by Crippen LogP contribution is -2.18. The van der Waals surface area contributed by atoms with E-state index in [9.17, 15) is 0 Å². The second-order valence-corrected chi connectivity index (χ2v) is 8.35. The SMILES string of the molecule is CCCCCCCCCCCCCCCCCCCCC(N)CCC. The summed E-state index contributed by atoms with van der Waals surface area (Å²) < 4.78 is 0. The molecule has 0 aromatic heterocycles. The Morgan fingerprint density at radius 2 is 0.720 bits per heavy atom. The van der Waals surface area contributed by atoms with Gasteiger partial charge in [-0.3, -0.25) is 0 Å². The van der Waals surface area contributed by atoms with Crippen LogP contribution >= 0.6 is 0 Å². The normalized spacial score (nSPS) is 12.6. The maximum atomic E-state index is 6.06. The maximum absolute atomic E-state index is 6.06. The molecule has 0 rings (SSSR count). The monoisotopic (exact) mass is 353 g/mol. The number of hydrogen-bond donors (Lipinski definition) is 1. The predicted molar refractivity (Wildman–Crippen MR) is 116 cm³/mol. The Hall–Kier alpha value is -0.0400. The summed E-state index contributed by atoms with van der Waals surface area (Å²) in [6, 6.07) is 0.464. The van der Waals surface area contributed by atoms with Gasteiger partial charge in [0.1, 0.15) is 0 Å². The van der Waals surface area contributed by atoms with Gasteiger partial charge >= 0.3 is 0 Å². The molecule has 1 atom stereocenters. The zero-order chi connectivity index (χ0) is 18.4. The summed E-state index contributed by atoms with van der Waals surface area (Å²) in [5, 5.41) is 0. The van der Waals surface area contributed by atoms with Crippen molar-refractivity contribution in [3.05, 3.63) is 0 Å². The average Bonchev–Trinajstić information content (AvgIpc) is 2.61. The molecule has 0 aliphatic carbocycles. The molecule has 1 heteroatoms. The summed E-state index contributed by atoms with van der Waals surface area (Å²) in [5.74, 6) is 0. The van der Waals surface area contributed by atoms with E-state index in [1.807, 2.05) is 0 Å². The quantitative estimate of drug-likeness (QED) is 0.205. The van der Waals surface area contributed by atoms with Gasteiger partial charge in [-0.05, 0) is 12.8 Å². The van der Waals surface area contributed by atoms with E-state index < -0.39 is 0 Å². The molecule has 1 unspecified atom stereocenters. The molecule has 0 saturated carbocycles. The van der Waals surface area contributed by atoms with Crippen LogP contribution in [0.4, 0.5) is 0 Å². The van der Waals surface area contributed by atoms with Gasteiger partial charge in [0.2, 0.25) is 0 Å². The van der Waals surface area contributed by atoms with Crippen molar-refractivity contribution in [2.24, 2.45) is 5.73 Å². The summed E-state index contributed by atoms with van der Waals surface area (Å²) >= 11 is 0. The zero-order valence-corrected chi connectivity index (χ0v) is 18.0. The molecule has 0 amide bonds. The minimum Gasteiger partial charge on any atom is -0.328 e. The molecule has 0 fully saturated rings. The second-order valence-electron chi connectivity index (χ2n) is 8.35. The molecule has 0 heterocycles. The first-order chi connectivity index (χ1) is 12.3. The van der Waals surface area contributed by atoms with Gasteiger partial charge in [-0.25, -0.2) is 0 Å². The minimum absolute atomic E-state index is 0.464. The van der Waals surface area contributed by atoms with Crippen molar-refractivity contribution < 1.29 is 0 Å². The van der Waals surface area contributed by atoms with Crippen molar-refractivity contribution in [1.82, 2.24) is 0 Å². The molecule has 0 spiro atoms. The van der Waals surface area contributed by atoms with Crippen LogP contribution in [0, 0.1) is 0 Å². The molecule has 152 valence electrons. The van der Waals surface area contributed by atoms with Crippen molar-refractivity contribution in [3.63, 3.8) is 0 Å². The molecule has 1 nitrogen and oxygen atoms in total. The van der Waals surface area contributed by atoms with E-state index in [1.165, 1.54) is 135 Å². The Morgan fingerprint density at radius 3 is 1.04 bits per heavy atom. The molecule has 25 heavy (non-hydrogen) atoms. The summed E-state index contributed by atoms with van der Waals surface area (Å²) in [6.07, 6.45) is 29.8. The molecule has 0 aliphatic rings. The topological polar surface area (TPSA) is 26.0 Å². The molecule has 0 aromatic rings. The largest absolute Gasteiger partial charge is 0.328 e. The van der Waals surface area contributed by atoms with E-state index in [2.05, 4.69) is 13.8 Å². The van der Waals surface area contributed by atoms with Crippen LogP contribution in [0.25, 0.3) is 0 Å². The minimum atomic E-state index is 0.464. The van der Waals surface area contributed by atoms with Crippen LogP contribution in [-0.4, -0.2) is 6.04 Å². The number of hydrogen-bond acceptors (Lipinski definition) is 1.